The van der Waals surface area contributed by atoms with Crippen molar-refractivity contribution in [2.75, 3.05) is 18.0 Å². The first kappa shape index (κ1) is 14.4. The summed E-state index contributed by atoms with van der Waals surface area (Å²) >= 11 is 0. The van der Waals surface area contributed by atoms with Gasteiger partial charge in [0.05, 0.1) is 0 Å². The number of anilines is 1. The average molecular weight is 260 g/mol. The number of hydrogen-bond acceptors (Lipinski definition) is 2. The average Bonchev–Trinajstić information content (AvgIpc) is 2.40. The van der Waals surface area contributed by atoms with Crippen LogP contribution in [0.1, 0.15) is 43.9 Å². The van der Waals surface area contributed by atoms with E-state index in [0.717, 1.165) is 13.1 Å². The van der Waals surface area contributed by atoms with Crippen LogP contribution in [0.25, 0.3) is 0 Å². The Morgan fingerprint density at radius 3 is 2.32 bits per heavy atom. The molecule has 1 aliphatic heterocycles. The predicted molar refractivity (Wildman–Crippen MR) is 84.2 cm³/mol. The lowest BCUT2D eigenvalue weighted by atomic mass is 9.97. The van der Waals surface area contributed by atoms with Crippen LogP contribution in [0.5, 0.6) is 0 Å². The molecule has 0 bridgehead atoms. The molecule has 106 valence electrons. The number of nitrogens with zero attached hydrogens (tertiary/aromatic N) is 1. The van der Waals surface area contributed by atoms with Crippen LogP contribution in [0, 0.1) is 20.8 Å². The van der Waals surface area contributed by atoms with E-state index in [1.165, 1.54) is 28.8 Å². The maximum Gasteiger partial charge on any atom is 0.0470 e. The van der Waals surface area contributed by atoms with Crippen LogP contribution in [0.4, 0.5) is 5.69 Å². The monoisotopic (exact) mass is 260 g/mol. The molecule has 2 nitrogen and oxygen atoms in total. The molecule has 0 saturated carbocycles. The molecule has 1 aromatic carbocycles. The van der Waals surface area contributed by atoms with Gasteiger partial charge >= 0.3 is 0 Å². The molecule has 2 rings (SSSR count). The van der Waals surface area contributed by atoms with Gasteiger partial charge in [-0.15, -0.1) is 0 Å². The molecule has 0 amide bonds. The fraction of sp³-hybridized carbons (Fsp3) is 0.647. The third-order valence-corrected chi connectivity index (χ3v) is 4.30. The molecule has 0 spiro atoms. The summed E-state index contributed by atoms with van der Waals surface area (Å²) in [6.45, 7) is 15.8. The van der Waals surface area contributed by atoms with E-state index in [4.69, 9.17) is 0 Å². The van der Waals surface area contributed by atoms with Crippen LogP contribution in [0.3, 0.4) is 0 Å². The van der Waals surface area contributed by atoms with Gasteiger partial charge in [0.1, 0.15) is 0 Å². The standard InChI is InChI=1S/C17H28N2/c1-12-9-13(2)16(14(3)10-12)19-8-7-15(4)18-11-17(19,5)6/h9-10,15,18H,7-8,11H2,1-6H3. The number of benzene rings is 1. The van der Waals surface area contributed by atoms with Crippen LogP contribution >= 0.6 is 0 Å². The smallest absolute Gasteiger partial charge is 0.0470 e. The second kappa shape index (κ2) is 5.16. The molecular weight excluding hydrogens is 232 g/mol. The first-order valence-electron chi connectivity index (χ1n) is 7.40. The summed E-state index contributed by atoms with van der Waals surface area (Å²) < 4.78 is 0. The summed E-state index contributed by atoms with van der Waals surface area (Å²) in [5.41, 5.74) is 5.76. The Morgan fingerprint density at radius 2 is 1.74 bits per heavy atom. The normalized spacial score (nSPS) is 23.3. The van der Waals surface area contributed by atoms with Gasteiger partial charge in [0.15, 0.2) is 0 Å². The molecule has 0 radical (unpaired) electrons. The topological polar surface area (TPSA) is 15.3 Å². The Hall–Kier alpha value is -1.02. The molecule has 1 heterocycles. The maximum absolute atomic E-state index is 3.64. The van der Waals surface area contributed by atoms with Crippen molar-refractivity contribution in [3.8, 4) is 0 Å². The molecule has 1 saturated heterocycles. The van der Waals surface area contributed by atoms with Gasteiger partial charge in [-0.1, -0.05) is 17.7 Å². The SMILES string of the molecule is Cc1cc(C)c(N2CCC(C)NCC2(C)C)c(C)c1. The molecule has 1 fully saturated rings. The Labute approximate surface area is 118 Å². The minimum absolute atomic E-state index is 0.162. The Balaban J connectivity index is 2.44. The van der Waals surface area contributed by atoms with Gasteiger partial charge in [-0.3, -0.25) is 0 Å². The molecule has 1 N–H and O–H groups in total. The van der Waals surface area contributed by atoms with Crippen molar-refractivity contribution >= 4 is 5.69 Å². The summed E-state index contributed by atoms with van der Waals surface area (Å²) in [5, 5.41) is 3.64. The van der Waals surface area contributed by atoms with E-state index in [9.17, 15) is 0 Å². The van der Waals surface area contributed by atoms with Gasteiger partial charge < -0.3 is 10.2 Å². The largest absolute Gasteiger partial charge is 0.365 e. The van der Waals surface area contributed by atoms with E-state index in [1.807, 2.05) is 0 Å². The molecule has 0 aliphatic carbocycles. The van der Waals surface area contributed by atoms with Crippen LogP contribution < -0.4 is 10.2 Å². The summed E-state index contributed by atoms with van der Waals surface area (Å²) in [6.07, 6.45) is 1.20. The van der Waals surface area contributed by atoms with E-state index < -0.39 is 0 Å². The van der Waals surface area contributed by atoms with E-state index in [2.05, 4.69) is 63.9 Å². The third kappa shape index (κ3) is 2.94. The lowest BCUT2D eigenvalue weighted by Gasteiger charge is -2.40. The first-order valence-corrected chi connectivity index (χ1v) is 7.40. The van der Waals surface area contributed by atoms with Crippen LogP contribution in [-0.2, 0) is 0 Å². The molecule has 1 unspecified atom stereocenters. The lowest BCUT2D eigenvalue weighted by molar-refractivity contribution is 0.446. The molecule has 1 aliphatic rings. The second-order valence-electron chi connectivity index (χ2n) is 6.78. The fourth-order valence-electron chi connectivity index (χ4n) is 3.26. The van der Waals surface area contributed by atoms with E-state index >= 15 is 0 Å². The zero-order valence-electron chi connectivity index (χ0n) is 13.3. The molecule has 0 aromatic heterocycles. The summed E-state index contributed by atoms with van der Waals surface area (Å²) in [4.78, 5) is 2.60. The predicted octanol–water partition coefficient (Wildman–Crippen LogP) is 3.58. The highest BCUT2D eigenvalue weighted by atomic mass is 15.2. The molecule has 1 atom stereocenters. The summed E-state index contributed by atoms with van der Waals surface area (Å²) in [7, 11) is 0. The highest BCUT2D eigenvalue weighted by Gasteiger charge is 2.31. The summed E-state index contributed by atoms with van der Waals surface area (Å²) in [5.74, 6) is 0. The van der Waals surface area contributed by atoms with Crippen molar-refractivity contribution in [1.29, 1.82) is 0 Å². The van der Waals surface area contributed by atoms with Crippen molar-refractivity contribution in [3.05, 3.63) is 28.8 Å². The number of rotatable bonds is 1. The Kier molecular flexibility index (Phi) is 3.91. The van der Waals surface area contributed by atoms with Gasteiger partial charge in [0.25, 0.3) is 0 Å². The van der Waals surface area contributed by atoms with E-state index in [1.54, 1.807) is 0 Å². The van der Waals surface area contributed by atoms with Crippen molar-refractivity contribution in [2.45, 2.75) is 59.5 Å². The highest BCUT2D eigenvalue weighted by Crippen LogP contribution is 2.32. The highest BCUT2D eigenvalue weighted by molar-refractivity contribution is 5.62. The number of aryl methyl sites for hydroxylation is 3. The molecular formula is C17H28N2. The zero-order chi connectivity index (χ0) is 14.2. The van der Waals surface area contributed by atoms with E-state index in [0.29, 0.717) is 6.04 Å². The lowest BCUT2D eigenvalue weighted by Crippen LogP contribution is -2.49. The van der Waals surface area contributed by atoms with Gasteiger partial charge in [-0.2, -0.15) is 0 Å². The van der Waals surface area contributed by atoms with Gasteiger partial charge in [-0.25, -0.2) is 0 Å². The van der Waals surface area contributed by atoms with Crippen LogP contribution in [0.2, 0.25) is 0 Å². The van der Waals surface area contributed by atoms with Crippen molar-refractivity contribution in [3.63, 3.8) is 0 Å². The molecule has 1 aromatic rings. The first-order chi connectivity index (χ1) is 8.81. The minimum atomic E-state index is 0.162. The number of hydrogen-bond donors (Lipinski definition) is 1. The van der Waals surface area contributed by atoms with Crippen LogP contribution in [-0.4, -0.2) is 24.7 Å². The second-order valence-corrected chi connectivity index (χ2v) is 6.78. The molecule has 2 heteroatoms. The fourth-order valence-corrected chi connectivity index (χ4v) is 3.26. The number of nitrogens with one attached hydrogen (secondary N) is 1. The van der Waals surface area contributed by atoms with Gasteiger partial charge in [0, 0.05) is 30.4 Å². The van der Waals surface area contributed by atoms with Crippen molar-refractivity contribution < 1.29 is 0 Å². The zero-order valence-corrected chi connectivity index (χ0v) is 13.3. The summed E-state index contributed by atoms with van der Waals surface area (Å²) in [6, 6.07) is 5.22. The van der Waals surface area contributed by atoms with Gasteiger partial charge in [0.2, 0.25) is 0 Å². The maximum atomic E-state index is 3.64. The Morgan fingerprint density at radius 1 is 1.16 bits per heavy atom. The third-order valence-electron chi connectivity index (χ3n) is 4.30. The van der Waals surface area contributed by atoms with Crippen LogP contribution in [0.15, 0.2) is 12.1 Å². The van der Waals surface area contributed by atoms with E-state index in [-0.39, 0.29) is 5.54 Å². The minimum Gasteiger partial charge on any atom is -0.365 e. The Bertz CT molecular complexity index is 439. The van der Waals surface area contributed by atoms with Crippen molar-refractivity contribution in [1.82, 2.24) is 5.32 Å². The molecule has 19 heavy (non-hydrogen) atoms. The van der Waals surface area contributed by atoms with Crippen molar-refractivity contribution in [2.24, 2.45) is 0 Å². The quantitative estimate of drug-likeness (QED) is 0.830. The van der Waals surface area contributed by atoms with Gasteiger partial charge in [-0.05, 0) is 59.1 Å².